The van der Waals surface area contributed by atoms with Crippen molar-refractivity contribution in [1.29, 1.82) is 0 Å². The van der Waals surface area contributed by atoms with E-state index in [4.69, 9.17) is 0 Å². The highest BCUT2D eigenvalue weighted by Crippen LogP contribution is 2.22. The van der Waals surface area contributed by atoms with Crippen molar-refractivity contribution in [2.75, 3.05) is 18.6 Å². The molecule has 0 bridgehead atoms. The Balaban J connectivity index is 2.57. The van der Waals surface area contributed by atoms with E-state index in [2.05, 4.69) is 40.2 Å². The minimum Gasteiger partial charge on any atom is -0.316 e. The summed E-state index contributed by atoms with van der Waals surface area (Å²) in [5.41, 5.74) is 2.34. The van der Waals surface area contributed by atoms with Gasteiger partial charge in [0.05, 0.1) is 15.9 Å². The number of aryl methyl sites for hydroxylation is 2. The highest BCUT2D eigenvalue weighted by atomic mass is 79.9. The molecule has 0 saturated carbocycles. The van der Waals surface area contributed by atoms with Crippen molar-refractivity contribution in [1.82, 2.24) is 15.1 Å². The molecule has 1 N–H and O–H groups in total. The second kappa shape index (κ2) is 7.56. The van der Waals surface area contributed by atoms with Crippen LogP contribution in [0.2, 0.25) is 0 Å². The largest absolute Gasteiger partial charge is 0.316 e. The zero-order valence-electron chi connectivity index (χ0n) is 12.0. The SMILES string of the molecule is CNC(CSCC(C)C)Cc1c(Br)c(C)nn1C. The van der Waals surface area contributed by atoms with Gasteiger partial charge < -0.3 is 5.32 Å². The molecular weight excluding hydrogens is 310 g/mol. The molecule has 0 radical (unpaired) electrons. The number of hydrogen-bond donors (Lipinski definition) is 1. The lowest BCUT2D eigenvalue weighted by atomic mass is 10.2. The molecule has 0 aromatic carbocycles. The van der Waals surface area contributed by atoms with Crippen LogP contribution in [0.25, 0.3) is 0 Å². The molecule has 3 nitrogen and oxygen atoms in total. The molecule has 18 heavy (non-hydrogen) atoms. The molecule has 0 aliphatic heterocycles. The van der Waals surface area contributed by atoms with E-state index >= 15 is 0 Å². The summed E-state index contributed by atoms with van der Waals surface area (Å²) < 4.78 is 3.13. The molecule has 1 aromatic heterocycles. The molecule has 1 aromatic rings. The number of aromatic nitrogens is 2. The molecular formula is C13H24BrN3S. The Hall–Kier alpha value is 0. The van der Waals surface area contributed by atoms with Crippen molar-refractivity contribution in [2.24, 2.45) is 13.0 Å². The predicted octanol–water partition coefficient (Wildman–Crippen LogP) is 3.01. The normalized spacial score (nSPS) is 13.3. The fourth-order valence-corrected chi connectivity index (χ4v) is 3.50. The second-order valence-corrected chi connectivity index (χ2v) is 6.96. The van der Waals surface area contributed by atoms with Gasteiger partial charge in [0.15, 0.2) is 0 Å². The summed E-state index contributed by atoms with van der Waals surface area (Å²) in [5, 5.41) is 7.85. The highest BCUT2D eigenvalue weighted by molar-refractivity contribution is 9.10. The van der Waals surface area contributed by atoms with Crippen molar-refractivity contribution in [3.63, 3.8) is 0 Å². The van der Waals surface area contributed by atoms with Gasteiger partial charge in [-0.05, 0) is 41.6 Å². The minimum absolute atomic E-state index is 0.500. The van der Waals surface area contributed by atoms with Crippen LogP contribution >= 0.6 is 27.7 Å². The molecule has 1 rings (SSSR count). The van der Waals surface area contributed by atoms with Gasteiger partial charge in [-0.25, -0.2) is 0 Å². The van der Waals surface area contributed by atoms with E-state index < -0.39 is 0 Å². The van der Waals surface area contributed by atoms with Crippen LogP contribution in [-0.4, -0.2) is 34.4 Å². The molecule has 0 spiro atoms. The van der Waals surface area contributed by atoms with E-state index in [0.717, 1.165) is 28.3 Å². The summed E-state index contributed by atoms with van der Waals surface area (Å²) in [5.74, 6) is 3.13. The Morgan fingerprint density at radius 2 is 2.06 bits per heavy atom. The van der Waals surface area contributed by atoms with Crippen molar-refractivity contribution in [3.05, 3.63) is 15.9 Å². The van der Waals surface area contributed by atoms with Crippen LogP contribution in [0.3, 0.4) is 0 Å². The second-order valence-electron chi connectivity index (χ2n) is 5.09. The zero-order valence-corrected chi connectivity index (χ0v) is 14.4. The molecule has 5 heteroatoms. The highest BCUT2D eigenvalue weighted by Gasteiger charge is 2.15. The quantitative estimate of drug-likeness (QED) is 0.831. The fourth-order valence-electron chi connectivity index (χ4n) is 1.83. The van der Waals surface area contributed by atoms with Gasteiger partial charge in [-0.15, -0.1) is 0 Å². The molecule has 1 heterocycles. The zero-order chi connectivity index (χ0) is 13.7. The topological polar surface area (TPSA) is 29.9 Å². The third-order valence-electron chi connectivity index (χ3n) is 2.88. The summed E-state index contributed by atoms with van der Waals surface area (Å²) in [6, 6.07) is 0.500. The van der Waals surface area contributed by atoms with Crippen LogP contribution < -0.4 is 5.32 Å². The number of nitrogens with one attached hydrogen (secondary N) is 1. The lowest BCUT2D eigenvalue weighted by Gasteiger charge is -2.17. The number of halogens is 1. The summed E-state index contributed by atoms with van der Waals surface area (Å²) in [7, 11) is 4.05. The number of thioether (sulfide) groups is 1. The molecule has 0 fully saturated rings. The van der Waals surface area contributed by atoms with Crippen molar-refractivity contribution >= 4 is 27.7 Å². The Bertz CT molecular complexity index is 377. The Morgan fingerprint density at radius 1 is 1.39 bits per heavy atom. The number of rotatable bonds is 7. The van der Waals surface area contributed by atoms with E-state index in [-0.39, 0.29) is 0 Å². The van der Waals surface area contributed by atoms with Crippen LogP contribution in [0, 0.1) is 12.8 Å². The first kappa shape index (κ1) is 16.1. The van der Waals surface area contributed by atoms with Crippen LogP contribution in [0.5, 0.6) is 0 Å². The summed E-state index contributed by atoms with van der Waals surface area (Å²) in [6.45, 7) is 6.57. The minimum atomic E-state index is 0.500. The summed E-state index contributed by atoms with van der Waals surface area (Å²) in [4.78, 5) is 0. The van der Waals surface area contributed by atoms with Crippen LogP contribution in [-0.2, 0) is 13.5 Å². The van der Waals surface area contributed by atoms with Crippen LogP contribution in [0.1, 0.15) is 25.2 Å². The first-order chi connectivity index (χ1) is 8.45. The first-order valence-electron chi connectivity index (χ1n) is 6.38. The maximum absolute atomic E-state index is 4.44. The molecule has 104 valence electrons. The van der Waals surface area contributed by atoms with Crippen LogP contribution in [0.15, 0.2) is 4.47 Å². The van der Waals surface area contributed by atoms with Gasteiger partial charge in [0.2, 0.25) is 0 Å². The maximum Gasteiger partial charge on any atom is 0.0738 e. The summed E-state index contributed by atoms with van der Waals surface area (Å²) in [6.07, 6.45) is 1.01. The molecule has 0 saturated heterocycles. The average Bonchev–Trinajstić information content (AvgIpc) is 2.53. The van der Waals surface area contributed by atoms with Gasteiger partial charge in [0.25, 0.3) is 0 Å². The Morgan fingerprint density at radius 3 is 2.50 bits per heavy atom. The monoisotopic (exact) mass is 333 g/mol. The van der Waals surface area contributed by atoms with E-state index in [0.29, 0.717) is 6.04 Å². The average molecular weight is 334 g/mol. The van der Waals surface area contributed by atoms with Gasteiger partial charge in [-0.2, -0.15) is 16.9 Å². The third kappa shape index (κ3) is 4.59. The molecule has 0 aliphatic rings. The molecule has 1 atom stereocenters. The number of likely N-dealkylation sites (N-methyl/N-ethyl adjacent to an activating group) is 1. The van der Waals surface area contributed by atoms with E-state index in [1.807, 2.05) is 37.5 Å². The third-order valence-corrected chi connectivity index (χ3v) is 5.45. The standard InChI is InChI=1S/C13H24BrN3S/c1-9(2)7-18-8-11(15-4)6-12-13(14)10(3)16-17(12)5/h9,11,15H,6-8H2,1-5H3. The fraction of sp³-hybridized carbons (Fsp3) is 0.769. The Kier molecular flexibility index (Phi) is 6.74. The Labute approximate surface area is 123 Å². The van der Waals surface area contributed by atoms with Crippen molar-refractivity contribution < 1.29 is 0 Å². The maximum atomic E-state index is 4.44. The van der Waals surface area contributed by atoms with Crippen LogP contribution in [0.4, 0.5) is 0 Å². The van der Waals surface area contributed by atoms with Crippen molar-refractivity contribution in [3.8, 4) is 0 Å². The molecule has 1 unspecified atom stereocenters. The lowest BCUT2D eigenvalue weighted by molar-refractivity contribution is 0.580. The van der Waals surface area contributed by atoms with Gasteiger partial charge in [0.1, 0.15) is 0 Å². The van der Waals surface area contributed by atoms with Gasteiger partial charge in [-0.3, -0.25) is 4.68 Å². The number of nitrogens with zero attached hydrogens (tertiary/aromatic N) is 2. The lowest BCUT2D eigenvalue weighted by Crippen LogP contribution is -2.31. The van der Waals surface area contributed by atoms with Gasteiger partial charge in [0, 0.05) is 25.3 Å². The van der Waals surface area contributed by atoms with Crippen molar-refractivity contribution in [2.45, 2.75) is 33.2 Å². The number of hydrogen-bond acceptors (Lipinski definition) is 3. The smallest absolute Gasteiger partial charge is 0.0738 e. The summed E-state index contributed by atoms with van der Waals surface area (Å²) >= 11 is 5.66. The first-order valence-corrected chi connectivity index (χ1v) is 8.33. The van der Waals surface area contributed by atoms with E-state index in [1.165, 1.54) is 11.4 Å². The molecule has 0 aliphatic carbocycles. The molecule has 0 amide bonds. The predicted molar refractivity (Wildman–Crippen MR) is 84.4 cm³/mol. The van der Waals surface area contributed by atoms with Gasteiger partial charge in [-0.1, -0.05) is 13.8 Å². The van der Waals surface area contributed by atoms with Gasteiger partial charge >= 0.3 is 0 Å². The van der Waals surface area contributed by atoms with E-state index in [1.54, 1.807) is 0 Å². The van der Waals surface area contributed by atoms with E-state index in [9.17, 15) is 0 Å².